The number of benzene rings is 7. The molecule has 8 aromatic rings. The maximum absolute atomic E-state index is 12.6. The van der Waals surface area contributed by atoms with E-state index in [2.05, 4.69) is 14.2 Å². The molecule has 0 aliphatic heterocycles. The minimum Gasteiger partial charge on any atom is -0.478 e. The van der Waals surface area contributed by atoms with E-state index in [1.165, 1.54) is 24.3 Å². The molecule has 0 aliphatic rings. The highest BCUT2D eigenvalue weighted by Gasteiger charge is 2.19. The van der Waals surface area contributed by atoms with Crippen LogP contribution in [0, 0.1) is 0 Å². The Bertz CT molecular complexity index is 3810. The van der Waals surface area contributed by atoms with Crippen molar-refractivity contribution in [3.63, 3.8) is 0 Å². The molecule has 0 unspecified atom stereocenters. The minimum atomic E-state index is -3.88. The highest BCUT2D eigenvalue weighted by Crippen LogP contribution is 2.24. The van der Waals surface area contributed by atoms with Crippen LogP contribution in [0.1, 0.15) is 88.7 Å². The van der Waals surface area contributed by atoms with Crippen molar-refractivity contribution in [1.29, 1.82) is 0 Å². The molecule has 1 aromatic heterocycles. The zero-order valence-corrected chi connectivity index (χ0v) is 46.5. The summed E-state index contributed by atoms with van der Waals surface area (Å²) in [6.45, 7) is 3.24. The van der Waals surface area contributed by atoms with Gasteiger partial charge >= 0.3 is 23.9 Å². The van der Waals surface area contributed by atoms with Crippen LogP contribution in [0.3, 0.4) is 0 Å². The van der Waals surface area contributed by atoms with Crippen molar-refractivity contribution in [2.24, 2.45) is 0 Å². The van der Waals surface area contributed by atoms with E-state index < -0.39 is 59.2 Å². The minimum absolute atomic E-state index is 0.00223. The highest BCUT2D eigenvalue weighted by atomic mass is 32.2. The summed E-state index contributed by atoms with van der Waals surface area (Å²) in [5, 5.41) is 37.9. The van der Waals surface area contributed by atoms with E-state index in [1.54, 1.807) is 147 Å². The Labute approximate surface area is 468 Å². The Kier molecular flexibility index (Phi) is 21.1. The Morgan fingerprint density at radius 1 is 0.412 bits per heavy atom. The fourth-order valence-electron chi connectivity index (χ4n) is 7.94. The van der Waals surface area contributed by atoms with Crippen molar-refractivity contribution < 1.29 is 64.9 Å². The average Bonchev–Trinajstić information content (AvgIpc) is 3.99. The van der Waals surface area contributed by atoms with E-state index in [1.807, 2.05) is 30.3 Å². The quantitative estimate of drug-likeness (QED) is 0.0332. The fourth-order valence-corrected chi connectivity index (χ4v) is 11.7. The van der Waals surface area contributed by atoms with Crippen molar-refractivity contribution >= 4 is 82.3 Å². The van der Waals surface area contributed by atoms with Crippen LogP contribution in [0.4, 0.5) is 17.1 Å². The molecule has 7 aromatic carbocycles. The summed E-state index contributed by atoms with van der Waals surface area (Å²) < 4.78 is 81.5. The van der Waals surface area contributed by atoms with Crippen LogP contribution in [0.5, 0.6) is 0 Å². The van der Waals surface area contributed by atoms with Crippen LogP contribution in [0.2, 0.25) is 0 Å². The molecule has 0 radical (unpaired) electrons. The van der Waals surface area contributed by atoms with E-state index in [-0.39, 0.29) is 20.2 Å². The molecule has 0 amide bonds. The van der Waals surface area contributed by atoms with E-state index >= 15 is 0 Å². The first-order valence-corrected chi connectivity index (χ1v) is 30.0. The predicted octanol–water partition coefficient (Wildman–Crippen LogP) is 11.0. The summed E-state index contributed by atoms with van der Waals surface area (Å²) in [6, 6.07) is 49.9. The van der Waals surface area contributed by atoms with Gasteiger partial charge in [0.2, 0.25) is 10.0 Å². The third-order valence-electron chi connectivity index (χ3n) is 12.1. The molecule has 7 N–H and O–H groups in total. The SMILES string of the molecule is CC(C)S(=O)(=O)Nc1cccc(CCc2ccccc2C(=O)O)c1.O=C(O)c1ccc(S(=O)(=O)Nc2cccc(CCc3ccccc3C(=O)O)c2)cc1.O=C(O)c1ccccc1CCc1cccc(NS(=O)(=O)c2cccs2)c1. The molecule has 0 saturated heterocycles. The topological polar surface area (TPSA) is 288 Å². The standard InChI is InChI=1S/C22H19NO6S.C19H17NO4S2.C18H21NO4S/c24-21(25)17-10-12-19(13-11-17)30(28,29)23-18-6-3-4-15(14-18)8-9-16-5-1-2-7-20(16)22(26)27;21-19(22)17-8-2-1-6-15(17)11-10-14-5-3-7-16(13-14)20-26(23,24)18-9-4-12-25-18;1-13(2)24(22,23)19-16-8-5-6-14(12-16)10-11-15-7-3-4-9-17(15)18(20)21/h1-7,10-14,23H,8-9H2,(H,24,25)(H,26,27);1-9,12-13,20H,10-11H2,(H,21,22);3-9,12-13,19H,10-11H2,1-2H3,(H,20,21). The molecule has 0 saturated carbocycles. The summed E-state index contributed by atoms with van der Waals surface area (Å²) in [6.07, 6.45) is 3.40. The van der Waals surface area contributed by atoms with Gasteiger partial charge in [0, 0.05) is 17.1 Å². The second-order valence-electron chi connectivity index (χ2n) is 18.2. The molecule has 0 aliphatic carbocycles. The first kappa shape index (κ1) is 60.6. The monoisotopic (exact) mass is 1160 g/mol. The normalized spacial score (nSPS) is 11.2. The lowest BCUT2D eigenvalue weighted by Gasteiger charge is -2.12. The molecule has 21 heteroatoms. The van der Waals surface area contributed by atoms with Gasteiger partial charge in [0.05, 0.1) is 32.4 Å². The summed E-state index contributed by atoms with van der Waals surface area (Å²) in [5.41, 5.74) is 7.15. The molecular formula is C59H57N3O14S4. The van der Waals surface area contributed by atoms with Crippen LogP contribution in [0.15, 0.2) is 196 Å². The predicted molar refractivity (Wildman–Crippen MR) is 309 cm³/mol. The van der Waals surface area contributed by atoms with E-state index in [9.17, 15) is 59.8 Å². The highest BCUT2D eigenvalue weighted by molar-refractivity contribution is 7.94. The number of hydrogen-bond acceptors (Lipinski definition) is 11. The maximum atomic E-state index is 12.6. The van der Waals surface area contributed by atoms with Crippen LogP contribution < -0.4 is 14.2 Å². The number of carboxylic acids is 4. The average molecular weight is 1160 g/mol. The molecule has 1 heterocycles. The van der Waals surface area contributed by atoms with Crippen LogP contribution >= 0.6 is 11.3 Å². The van der Waals surface area contributed by atoms with Crippen LogP contribution in [-0.2, 0) is 68.6 Å². The number of aryl methyl sites for hydroxylation is 6. The molecule has 0 spiro atoms. The first-order valence-electron chi connectivity index (χ1n) is 24.7. The summed E-state index contributed by atoms with van der Waals surface area (Å²) in [5.74, 6) is -4.01. The molecule has 416 valence electrons. The Hall–Kier alpha value is -8.63. The van der Waals surface area contributed by atoms with Gasteiger partial charge in [-0.2, -0.15) is 0 Å². The molecule has 0 bridgehead atoms. The summed E-state index contributed by atoms with van der Waals surface area (Å²) >= 11 is 1.16. The second kappa shape index (κ2) is 27.8. The smallest absolute Gasteiger partial charge is 0.335 e. The van der Waals surface area contributed by atoms with E-state index in [4.69, 9.17) is 5.11 Å². The Morgan fingerprint density at radius 2 is 0.787 bits per heavy atom. The fraction of sp³-hybridized carbons (Fsp3) is 0.153. The van der Waals surface area contributed by atoms with Crippen LogP contribution in [0.25, 0.3) is 0 Å². The number of sulfonamides is 3. The second-order valence-corrected chi connectivity index (χ2v) is 24.9. The van der Waals surface area contributed by atoms with Gasteiger partial charge in [-0.3, -0.25) is 14.2 Å². The number of anilines is 3. The lowest BCUT2D eigenvalue weighted by molar-refractivity contribution is 0.0684. The number of carboxylic acid groups (broad SMARTS) is 4. The van der Waals surface area contributed by atoms with Crippen molar-refractivity contribution in [3.8, 4) is 0 Å². The molecule has 0 fully saturated rings. The van der Waals surface area contributed by atoms with Crippen molar-refractivity contribution in [2.45, 2.75) is 66.7 Å². The number of rotatable bonds is 22. The number of thiophene rings is 1. The third kappa shape index (κ3) is 17.7. The zero-order chi connectivity index (χ0) is 58.0. The molecular weight excluding hydrogens is 1100 g/mol. The largest absolute Gasteiger partial charge is 0.478 e. The molecule has 0 atom stereocenters. The Balaban J connectivity index is 0.000000195. The van der Waals surface area contributed by atoms with Crippen molar-refractivity contribution in [2.75, 3.05) is 14.2 Å². The number of nitrogens with one attached hydrogen (secondary N) is 3. The van der Waals surface area contributed by atoms with Gasteiger partial charge in [-0.15, -0.1) is 11.3 Å². The van der Waals surface area contributed by atoms with Gasteiger partial charge < -0.3 is 20.4 Å². The van der Waals surface area contributed by atoms with E-state index in [0.717, 1.165) is 39.2 Å². The van der Waals surface area contributed by atoms with E-state index in [0.29, 0.717) is 72.3 Å². The molecule has 8 rings (SSSR count). The lowest BCUT2D eigenvalue weighted by Crippen LogP contribution is -2.22. The number of aromatic carboxylic acids is 4. The molecule has 80 heavy (non-hydrogen) atoms. The first-order chi connectivity index (χ1) is 38.0. The number of carbonyl (C=O) groups is 4. The molecule has 17 nitrogen and oxygen atoms in total. The van der Waals surface area contributed by atoms with Gasteiger partial charge in [-0.05, 0) is 176 Å². The zero-order valence-electron chi connectivity index (χ0n) is 43.2. The van der Waals surface area contributed by atoms with Crippen molar-refractivity contribution in [3.05, 3.63) is 243 Å². The van der Waals surface area contributed by atoms with Crippen molar-refractivity contribution in [1.82, 2.24) is 0 Å². The third-order valence-corrected chi connectivity index (χ3v) is 18.1. The van der Waals surface area contributed by atoms with Gasteiger partial charge in [0.1, 0.15) is 4.21 Å². The number of hydrogen-bond donors (Lipinski definition) is 7. The van der Waals surface area contributed by atoms with Crippen LogP contribution in [-0.4, -0.2) is 74.8 Å². The summed E-state index contributed by atoms with van der Waals surface area (Å²) in [4.78, 5) is 44.7. The van der Waals surface area contributed by atoms with Gasteiger partial charge in [0.15, 0.2) is 0 Å². The lowest BCUT2D eigenvalue weighted by atomic mass is 10.00. The maximum Gasteiger partial charge on any atom is 0.335 e. The summed E-state index contributed by atoms with van der Waals surface area (Å²) in [7, 11) is -10.8. The van der Waals surface area contributed by atoms with Gasteiger partial charge in [0.25, 0.3) is 20.0 Å². The van der Waals surface area contributed by atoms with Gasteiger partial charge in [-0.25, -0.2) is 44.4 Å². The Morgan fingerprint density at radius 3 is 1.14 bits per heavy atom. The van der Waals surface area contributed by atoms with Gasteiger partial charge in [-0.1, -0.05) is 97.1 Å².